The van der Waals surface area contributed by atoms with Gasteiger partial charge in [0.15, 0.2) is 0 Å². The third kappa shape index (κ3) is 4.66. The van der Waals surface area contributed by atoms with Crippen LogP contribution in [0, 0.1) is 0 Å². The number of primary amides is 1. The molecule has 1 fully saturated rings. The third-order valence-electron chi connectivity index (χ3n) is 4.45. The van der Waals surface area contributed by atoms with E-state index in [-0.39, 0.29) is 35.7 Å². The van der Waals surface area contributed by atoms with Crippen molar-refractivity contribution in [1.29, 1.82) is 0 Å². The van der Waals surface area contributed by atoms with Crippen LogP contribution in [0.25, 0.3) is 0 Å². The van der Waals surface area contributed by atoms with E-state index in [2.05, 4.69) is 19.2 Å². The smallest absolute Gasteiger partial charge is 0.245 e. The summed E-state index contributed by atoms with van der Waals surface area (Å²) in [4.78, 5) is 26.8. The van der Waals surface area contributed by atoms with Gasteiger partial charge in [-0.2, -0.15) is 0 Å². The van der Waals surface area contributed by atoms with Crippen molar-refractivity contribution in [3.63, 3.8) is 0 Å². The van der Waals surface area contributed by atoms with E-state index >= 15 is 0 Å². The first-order valence-corrected chi connectivity index (χ1v) is 9.47. The molecule has 0 unspecified atom stereocenters. The summed E-state index contributed by atoms with van der Waals surface area (Å²) in [5.74, 6) is 0.000555. The highest BCUT2D eigenvalue weighted by Crippen LogP contribution is 2.28. The molecule has 6 heteroatoms. The summed E-state index contributed by atoms with van der Waals surface area (Å²) in [7, 11) is 0. The number of rotatable bonds is 6. The number of amides is 2. The van der Waals surface area contributed by atoms with E-state index in [9.17, 15) is 9.59 Å². The Balaban J connectivity index is 2.07. The fraction of sp³-hybridized carbons (Fsp3) is 0.556. The quantitative estimate of drug-likeness (QED) is 0.775. The van der Waals surface area contributed by atoms with Crippen molar-refractivity contribution in [3.8, 4) is 0 Å². The van der Waals surface area contributed by atoms with Gasteiger partial charge in [-0.25, -0.2) is 0 Å². The molecule has 0 aliphatic carbocycles. The molecule has 1 heterocycles. The lowest BCUT2D eigenvalue weighted by atomic mass is 9.96. The number of likely N-dealkylation sites (tertiary alicyclic amines) is 1. The second-order valence-electron chi connectivity index (χ2n) is 6.49. The van der Waals surface area contributed by atoms with Gasteiger partial charge in [-0.3, -0.25) is 9.59 Å². The van der Waals surface area contributed by atoms with Crippen molar-refractivity contribution < 1.29 is 9.59 Å². The molecular formula is C18H27N3O2S. The van der Waals surface area contributed by atoms with Gasteiger partial charge in [0.2, 0.25) is 11.8 Å². The first-order chi connectivity index (χ1) is 11.4. The molecule has 0 aromatic heterocycles. The monoisotopic (exact) mass is 349 g/mol. The van der Waals surface area contributed by atoms with Gasteiger partial charge in [0.1, 0.15) is 6.04 Å². The Hall–Kier alpha value is -1.69. The molecule has 24 heavy (non-hydrogen) atoms. The lowest BCUT2D eigenvalue weighted by molar-refractivity contribution is -0.137. The van der Waals surface area contributed by atoms with Crippen LogP contribution >= 0.6 is 11.8 Å². The fourth-order valence-corrected chi connectivity index (χ4v) is 3.99. The number of hydrogen-bond acceptors (Lipinski definition) is 4. The van der Waals surface area contributed by atoms with E-state index < -0.39 is 0 Å². The first-order valence-electron chi connectivity index (χ1n) is 8.49. The SMILES string of the molecule is C[C@@H]1CCC[C@H](C)N1C(=O)[C@@H](C)Nc1ccccc1SCC(N)=O. The predicted molar refractivity (Wildman–Crippen MR) is 99.1 cm³/mol. The Labute approximate surface area is 148 Å². The van der Waals surface area contributed by atoms with Crippen molar-refractivity contribution in [2.75, 3.05) is 11.1 Å². The van der Waals surface area contributed by atoms with Crippen LogP contribution in [0.15, 0.2) is 29.2 Å². The lowest BCUT2D eigenvalue weighted by Crippen LogP contribution is -2.52. The summed E-state index contributed by atoms with van der Waals surface area (Å²) in [5.41, 5.74) is 6.09. The molecule has 1 aromatic carbocycles. The Bertz CT molecular complexity index is 583. The van der Waals surface area contributed by atoms with Gasteiger partial charge in [0, 0.05) is 22.7 Å². The van der Waals surface area contributed by atoms with E-state index in [1.807, 2.05) is 36.1 Å². The molecular weight excluding hydrogens is 322 g/mol. The highest BCUT2D eigenvalue weighted by molar-refractivity contribution is 8.00. The van der Waals surface area contributed by atoms with Crippen molar-refractivity contribution in [3.05, 3.63) is 24.3 Å². The maximum absolute atomic E-state index is 12.9. The standard InChI is InChI=1S/C18H27N3O2S/c1-12-7-6-8-13(2)21(12)18(23)14(3)20-15-9-4-5-10-16(15)24-11-17(19)22/h4-5,9-10,12-14,20H,6-8,11H2,1-3H3,(H2,19,22)/t12-,13+,14-/m1/s1. The van der Waals surface area contributed by atoms with Crippen LogP contribution in [-0.2, 0) is 9.59 Å². The van der Waals surface area contributed by atoms with Gasteiger partial charge >= 0.3 is 0 Å². The van der Waals surface area contributed by atoms with Crippen LogP contribution in [0.3, 0.4) is 0 Å². The van der Waals surface area contributed by atoms with Gasteiger partial charge < -0.3 is 16.0 Å². The highest BCUT2D eigenvalue weighted by Gasteiger charge is 2.31. The molecule has 0 spiro atoms. The molecule has 3 atom stereocenters. The van der Waals surface area contributed by atoms with Crippen molar-refractivity contribution in [2.24, 2.45) is 5.73 Å². The lowest BCUT2D eigenvalue weighted by Gasteiger charge is -2.40. The van der Waals surface area contributed by atoms with Crippen LogP contribution in [0.5, 0.6) is 0 Å². The number of piperidine rings is 1. The van der Waals surface area contributed by atoms with Gasteiger partial charge in [-0.1, -0.05) is 12.1 Å². The summed E-state index contributed by atoms with van der Waals surface area (Å²) in [5, 5.41) is 3.31. The molecule has 0 bridgehead atoms. The van der Waals surface area contributed by atoms with E-state index in [0.717, 1.165) is 23.4 Å². The van der Waals surface area contributed by atoms with Crippen molar-refractivity contribution in [1.82, 2.24) is 4.90 Å². The van der Waals surface area contributed by atoms with Crippen LogP contribution in [0.4, 0.5) is 5.69 Å². The zero-order valence-electron chi connectivity index (χ0n) is 14.6. The summed E-state index contributed by atoms with van der Waals surface area (Å²) >= 11 is 1.38. The summed E-state index contributed by atoms with van der Waals surface area (Å²) in [6, 6.07) is 7.93. The molecule has 1 saturated heterocycles. The van der Waals surface area contributed by atoms with Gasteiger partial charge in [0.05, 0.1) is 5.75 Å². The van der Waals surface area contributed by atoms with Crippen LogP contribution in [0.2, 0.25) is 0 Å². The Morgan fingerprint density at radius 2 is 1.92 bits per heavy atom. The number of hydrogen-bond donors (Lipinski definition) is 2. The summed E-state index contributed by atoms with van der Waals surface area (Å²) in [6.07, 6.45) is 3.31. The average Bonchev–Trinajstić information content (AvgIpc) is 2.53. The molecule has 1 aliphatic rings. The van der Waals surface area contributed by atoms with E-state index in [1.54, 1.807) is 0 Å². The zero-order chi connectivity index (χ0) is 17.7. The maximum Gasteiger partial charge on any atom is 0.245 e. The molecule has 0 radical (unpaired) electrons. The Morgan fingerprint density at radius 3 is 2.54 bits per heavy atom. The Morgan fingerprint density at radius 1 is 1.29 bits per heavy atom. The van der Waals surface area contributed by atoms with Crippen LogP contribution in [0.1, 0.15) is 40.0 Å². The number of nitrogens with two attached hydrogens (primary N) is 1. The largest absolute Gasteiger partial charge is 0.373 e. The van der Waals surface area contributed by atoms with Gasteiger partial charge in [0.25, 0.3) is 0 Å². The van der Waals surface area contributed by atoms with Gasteiger partial charge in [-0.05, 0) is 52.2 Å². The summed E-state index contributed by atoms with van der Waals surface area (Å²) in [6.45, 7) is 6.14. The number of para-hydroxylation sites is 1. The van der Waals surface area contributed by atoms with Crippen molar-refractivity contribution in [2.45, 2.75) is 63.1 Å². The minimum absolute atomic E-state index is 0.129. The average molecular weight is 350 g/mol. The number of carbonyl (C=O) groups excluding carboxylic acids is 2. The van der Waals surface area contributed by atoms with E-state index in [1.165, 1.54) is 18.2 Å². The van der Waals surface area contributed by atoms with Crippen LogP contribution < -0.4 is 11.1 Å². The number of anilines is 1. The number of benzene rings is 1. The van der Waals surface area contributed by atoms with Gasteiger partial charge in [-0.15, -0.1) is 11.8 Å². The topological polar surface area (TPSA) is 75.4 Å². The fourth-order valence-electron chi connectivity index (χ4n) is 3.23. The van der Waals surface area contributed by atoms with E-state index in [0.29, 0.717) is 0 Å². The number of nitrogens with one attached hydrogen (secondary N) is 1. The molecule has 132 valence electrons. The van der Waals surface area contributed by atoms with Crippen molar-refractivity contribution >= 4 is 29.3 Å². The minimum atomic E-state index is -0.352. The molecule has 2 rings (SSSR count). The number of carbonyl (C=O) groups is 2. The molecule has 0 saturated carbocycles. The second kappa shape index (κ2) is 8.42. The first kappa shape index (κ1) is 18.6. The molecule has 5 nitrogen and oxygen atoms in total. The second-order valence-corrected chi connectivity index (χ2v) is 7.51. The molecule has 1 aliphatic heterocycles. The molecule has 2 amide bonds. The Kier molecular flexibility index (Phi) is 6.54. The van der Waals surface area contributed by atoms with Crippen LogP contribution in [-0.4, -0.2) is 40.6 Å². The molecule has 1 aromatic rings. The molecule has 3 N–H and O–H groups in total. The van der Waals surface area contributed by atoms with E-state index in [4.69, 9.17) is 5.73 Å². The zero-order valence-corrected chi connectivity index (χ0v) is 15.4. The third-order valence-corrected chi connectivity index (χ3v) is 5.54. The number of thioether (sulfide) groups is 1. The highest BCUT2D eigenvalue weighted by atomic mass is 32.2. The summed E-state index contributed by atoms with van der Waals surface area (Å²) < 4.78 is 0. The predicted octanol–water partition coefficient (Wildman–Crippen LogP) is 2.85. The minimum Gasteiger partial charge on any atom is -0.373 e. The maximum atomic E-state index is 12.9. The normalized spacial score (nSPS) is 22.0. The number of nitrogens with zero attached hydrogens (tertiary/aromatic N) is 1.